The molecule has 3 rings (SSSR count). The minimum Gasteiger partial charge on any atom is -0.317 e. The lowest BCUT2D eigenvalue weighted by atomic mass is 10.0. The number of rotatable bonds is 4. The predicted octanol–water partition coefficient (Wildman–Crippen LogP) is 4.49. The van der Waals surface area contributed by atoms with Crippen LogP contribution in [0, 0.1) is 0 Å². The van der Waals surface area contributed by atoms with Crippen molar-refractivity contribution < 1.29 is 18.0 Å². The first-order valence-electron chi connectivity index (χ1n) is 8.93. The fourth-order valence-electron chi connectivity index (χ4n) is 3.23. The van der Waals surface area contributed by atoms with Gasteiger partial charge in [-0.2, -0.15) is 13.2 Å². The van der Waals surface area contributed by atoms with Gasteiger partial charge in [-0.15, -0.1) is 0 Å². The van der Waals surface area contributed by atoms with Crippen molar-refractivity contribution in [3.63, 3.8) is 0 Å². The summed E-state index contributed by atoms with van der Waals surface area (Å²) in [5.74, 6) is 0. The van der Waals surface area contributed by atoms with Crippen molar-refractivity contribution in [3.05, 3.63) is 65.7 Å². The van der Waals surface area contributed by atoms with Crippen molar-refractivity contribution in [1.82, 2.24) is 10.2 Å². The van der Waals surface area contributed by atoms with Gasteiger partial charge in [0.1, 0.15) is 0 Å². The van der Waals surface area contributed by atoms with E-state index in [1.807, 2.05) is 30.3 Å². The predicted molar refractivity (Wildman–Crippen MR) is 98.3 cm³/mol. The van der Waals surface area contributed by atoms with Crippen LogP contribution in [-0.4, -0.2) is 30.1 Å². The summed E-state index contributed by atoms with van der Waals surface area (Å²) in [5.41, 5.74) is 0.342. The lowest BCUT2D eigenvalue weighted by Gasteiger charge is -2.35. The third-order valence-corrected chi connectivity index (χ3v) is 4.65. The van der Waals surface area contributed by atoms with E-state index >= 15 is 0 Å². The molecule has 1 aliphatic heterocycles. The topological polar surface area (TPSA) is 44.4 Å². The molecule has 2 N–H and O–H groups in total. The van der Waals surface area contributed by atoms with Crippen LogP contribution in [0.4, 0.5) is 23.7 Å². The van der Waals surface area contributed by atoms with Crippen LogP contribution in [0.3, 0.4) is 0 Å². The summed E-state index contributed by atoms with van der Waals surface area (Å²) in [6.45, 7) is 2.04. The molecule has 4 nitrogen and oxygen atoms in total. The third-order valence-electron chi connectivity index (χ3n) is 4.65. The van der Waals surface area contributed by atoms with E-state index in [0.29, 0.717) is 6.54 Å². The molecule has 0 aliphatic carbocycles. The van der Waals surface area contributed by atoms with Crippen molar-refractivity contribution in [1.29, 1.82) is 0 Å². The second kappa shape index (κ2) is 8.43. The van der Waals surface area contributed by atoms with Crippen molar-refractivity contribution in [2.45, 2.75) is 31.6 Å². The number of carbonyl (C=O) groups is 1. The minimum absolute atomic E-state index is 0.0391. The zero-order valence-corrected chi connectivity index (χ0v) is 14.8. The highest BCUT2D eigenvalue weighted by atomic mass is 19.4. The van der Waals surface area contributed by atoms with Gasteiger partial charge in [-0.05, 0) is 49.7 Å². The largest absolute Gasteiger partial charge is 0.416 e. The number of urea groups is 1. The monoisotopic (exact) mass is 377 g/mol. The summed E-state index contributed by atoms with van der Waals surface area (Å²) < 4.78 is 38.7. The van der Waals surface area contributed by atoms with Crippen LogP contribution in [0.25, 0.3) is 0 Å². The number of nitrogens with zero attached hydrogens (tertiary/aromatic N) is 1. The molecule has 144 valence electrons. The van der Waals surface area contributed by atoms with Crippen LogP contribution < -0.4 is 10.6 Å². The molecule has 7 heteroatoms. The van der Waals surface area contributed by atoms with Gasteiger partial charge in [0.15, 0.2) is 0 Å². The highest BCUT2D eigenvalue weighted by Gasteiger charge is 2.31. The van der Waals surface area contributed by atoms with Crippen LogP contribution in [0.2, 0.25) is 0 Å². The van der Waals surface area contributed by atoms with Gasteiger partial charge in [0.25, 0.3) is 0 Å². The number of anilines is 1. The molecule has 0 radical (unpaired) electrons. The van der Waals surface area contributed by atoms with E-state index in [0.717, 1.165) is 43.6 Å². The first-order chi connectivity index (χ1) is 12.9. The summed E-state index contributed by atoms with van der Waals surface area (Å²) >= 11 is 0. The lowest BCUT2D eigenvalue weighted by Crippen LogP contribution is -2.47. The average molecular weight is 377 g/mol. The molecule has 1 saturated heterocycles. The molecular weight excluding hydrogens is 355 g/mol. The van der Waals surface area contributed by atoms with Gasteiger partial charge in [0.05, 0.1) is 5.56 Å². The Hall–Kier alpha value is -2.54. The summed E-state index contributed by atoms with van der Waals surface area (Å²) in [6.07, 6.45) is -2.83. The van der Waals surface area contributed by atoms with E-state index < -0.39 is 11.7 Å². The first-order valence-corrected chi connectivity index (χ1v) is 8.93. The molecular formula is C20H22F3N3O. The van der Waals surface area contributed by atoms with Gasteiger partial charge in [-0.25, -0.2) is 4.79 Å². The van der Waals surface area contributed by atoms with E-state index in [-0.39, 0.29) is 17.8 Å². The Bertz CT molecular complexity index is 759. The molecule has 1 fully saturated rings. The molecule has 0 spiro atoms. The molecule has 27 heavy (non-hydrogen) atoms. The number of alkyl halides is 3. The number of nitrogens with one attached hydrogen (secondary N) is 2. The molecule has 0 bridgehead atoms. The van der Waals surface area contributed by atoms with Gasteiger partial charge in [-0.1, -0.05) is 36.4 Å². The molecule has 0 unspecified atom stereocenters. The SMILES string of the molecule is O=C(Nc1cccc(C(F)(F)F)c1)N(Cc1ccccc1)C1CCNCC1. The lowest BCUT2D eigenvalue weighted by molar-refractivity contribution is -0.137. The fourth-order valence-corrected chi connectivity index (χ4v) is 3.23. The number of piperidine rings is 1. The van der Waals surface area contributed by atoms with E-state index in [2.05, 4.69) is 10.6 Å². The Morgan fingerprint density at radius 1 is 1.07 bits per heavy atom. The van der Waals surface area contributed by atoms with Crippen LogP contribution >= 0.6 is 0 Å². The Morgan fingerprint density at radius 3 is 2.44 bits per heavy atom. The molecule has 1 heterocycles. The smallest absolute Gasteiger partial charge is 0.317 e. The standard InChI is InChI=1S/C20H22F3N3O/c21-20(22,23)16-7-4-8-17(13-16)25-19(27)26(18-9-11-24-12-10-18)14-15-5-2-1-3-6-15/h1-8,13,18,24H,9-12,14H2,(H,25,27). The average Bonchev–Trinajstić information content (AvgIpc) is 2.67. The van der Waals surface area contributed by atoms with Gasteiger partial charge < -0.3 is 15.5 Å². The molecule has 0 aromatic heterocycles. The Kier molecular flexibility index (Phi) is 6.01. The molecule has 1 aliphatic rings. The maximum atomic E-state index is 12.9. The molecule has 2 aromatic carbocycles. The minimum atomic E-state index is -4.44. The number of halogens is 3. The van der Waals surface area contributed by atoms with E-state index in [1.165, 1.54) is 12.1 Å². The van der Waals surface area contributed by atoms with Crippen LogP contribution in [0.15, 0.2) is 54.6 Å². The number of hydrogen-bond acceptors (Lipinski definition) is 2. The van der Waals surface area contributed by atoms with Gasteiger partial charge in [0.2, 0.25) is 0 Å². The van der Waals surface area contributed by atoms with E-state index in [9.17, 15) is 18.0 Å². The Morgan fingerprint density at radius 2 is 1.78 bits per heavy atom. The maximum Gasteiger partial charge on any atom is 0.416 e. The van der Waals surface area contributed by atoms with Crippen LogP contribution in [-0.2, 0) is 12.7 Å². The highest BCUT2D eigenvalue weighted by Crippen LogP contribution is 2.30. The zero-order chi connectivity index (χ0) is 19.3. The summed E-state index contributed by atoms with van der Waals surface area (Å²) in [5, 5.41) is 5.90. The number of hydrogen-bond donors (Lipinski definition) is 2. The van der Waals surface area contributed by atoms with Crippen molar-refractivity contribution in [2.24, 2.45) is 0 Å². The zero-order valence-electron chi connectivity index (χ0n) is 14.8. The molecule has 0 saturated carbocycles. The van der Waals surface area contributed by atoms with E-state index in [1.54, 1.807) is 4.90 Å². The molecule has 2 aromatic rings. The van der Waals surface area contributed by atoms with Crippen molar-refractivity contribution in [2.75, 3.05) is 18.4 Å². The highest BCUT2D eigenvalue weighted by molar-refractivity contribution is 5.89. The Labute approximate surface area is 156 Å². The van der Waals surface area contributed by atoms with Gasteiger partial charge >= 0.3 is 12.2 Å². The summed E-state index contributed by atoms with van der Waals surface area (Å²) in [7, 11) is 0. The second-order valence-corrected chi connectivity index (χ2v) is 6.60. The number of carbonyl (C=O) groups excluding carboxylic acids is 1. The van der Waals surface area contributed by atoms with Crippen LogP contribution in [0.1, 0.15) is 24.0 Å². The molecule has 0 atom stereocenters. The maximum absolute atomic E-state index is 12.9. The second-order valence-electron chi connectivity index (χ2n) is 6.60. The van der Waals surface area contributed by atoms with Gasteiger partial charge in [0, 0.05) is 18.3 Å². The summed E-state index contributed by atoms with van der Waals surface area (Å²) in [6, 6.07) is 14.0. The normalized spacial score (nSPS) is 15.4. The van der Waals surface area contributed by atoms with Crippen LogP contribution in [0.5, 0.6) is 0 Å². The quantitative estimate of drug-likeness (QED) is 0.825. The number of benzene rings is 2. The fraction of sp³-hybridized carbons (Fsp3) is 0.350. The van der Waals surface area contributed by atoms with Crippen molar-refractivity contribution in [3.8, 4) is 0 Å². The van der Waals surface area contributed by atoms with Crippen molar-refractivity contribution >= 4 is 11.7 Å². The van der Waals surface area contributed by atoms with E-state index in [4.69, 9.17) is 0 Å². The molecule has 2 amide bonds. The Balaban J connectivity index is 1.78. The number of amides is 2. The third kappa shape index (κ3) is 5.23. The van der Waals surface area contributed by atoms with Gasteiger partial charge in [-0.3, -0.25) is 0 Å². The first kappa shape index (κ1) is 19.2. The summed E-state index contributed by atoms with van der Waals surface area (Å²) in [4.78, 5) is 14.6.